The van der Waals surface area contributed by atoms with E-state index in [-0.39, 0.29) is 24.0 Å². The molecule has 0 aromatic heterocycles. The van der Waals surface area contributed by atoms with Crippen molar-refractivity contribution in [2.75, 3.05) is 18.5 Å². The highest BCUT2D eigenvalue weighted by Crippen LogP contribution is 2.22. The maximum atomic E-state index is 12.1. The van der Waals surface area contributed by atoms with E-state index in [2.05, 4.69) is 32.6 Å². The average Bonchev–Trinajstić information content (AvgIpc) is 2.53. The molecule has 0 atom stereocenters. The molecule has 0 radical (unpaired) electrons. The predicted molar refractivity (Wildman–Crippen MR) is 91.3 cm³/mol. The van der Waals surface area contributed by atoms with Gasteiger partial charge in [-0.25, -0.2) is 0 Å². The molecular weight excluding hydrogens is 438 g/mol. The Morgan fingerprint density at radius 3 is 2.29 bits per heavy atom. The maximum absolute atomic E-state index is 12.1. The molecule has 2 aromatic rings. The van der Waals surface area contributed by atoms with E-state index in [0.717, 1.165) is 3.57 Å². The van der Waals surface area contributed by atoms with Crippen LogP contribution in [0.25, 0.3) is 0 Å². The molecule has 0 saturated heterocycles. The van der Waals surface area contributed by atoms with Crippen LogP contribution < -0.4 is 14.8 Å². The Bertz CT molecular complexity index is 690. The third-order valence-corrected chi connectivity index (χ3v) is 3.43. The van der Waals surface area contributed by atoms with Crippen molar-refractivity contribution in [3.63, 3.8) is 0 Å². The summed E-state index contributed by atoms with van der Waals surface area (Å²) in [6.07, 6.45) is -4.41. The molecule has 0 spiro atoms. The minimum atomic E-state index is -4.41. The molecule has 0 saturated carbocycles. The Morgan fingerprint density at radius 2 is 1.67 bits per heavy atom. The molecule has 8 heteroatoms. The lowest BCUT2D eigenvalue weighted by Gasteiger charge is -2.11. The van der Waals surface area contributed by atoms with Gasteiger partial charge < -0.3 is 14.8 Å². The fourth-order valence-electron chi connectivity index (χ4n) is 1.70. The van der Waals surface area contributed by atoms with Gasteiger partial charge in [0.1, 0.15) is 11.5 Å². The maximum Gasteiger partial charge on any atom is 0.422 e. The Hall–Kier alpha value is -1.97. The normalized spacial score (nSPS) is 11.0. The summed E-state index contributed by atoms with van der Waals surface area (Å²) in [5.41, 5.74) is 0.631. The largest absolute Gasteiger partial charge is 0.484 e. The van der Waals surface area contributed by atoms with E-state index in [4.69, 9.17) is 4.74 Å². The van der Waals surface area contributed by atoms with Crippen LogP contribution in [0.3, 0.4) is 0 Å². The summed E-state index contributed by atoms with van der Waals surface area (Å²) in [6.45, 7) is -1.65. The smallest absolute Gasteiger partial charge is 0.422 e. The fourth-order valence-corrected chi connectivity index (χ4v) is 2.06. The number of nitrogens with one attached hydrogen (secondary N) is 1. The van der Waals surface area contributed by atoms with Gasteiger partial charge in [-0.15, -0.1) is 0 Å². The lowest BCUT2D eigenvalue weighted by Crippen LogP contribution is -2.20. The molecule has 0 aliphatic carbocycles. The van der Waals surface area contributed by atoms with Crippen LogP contribution in [0.1, 0.15) is 0 Å². The quantitative estimate of drug-likeness (QED) is 0.669. The molecule has 0 unspecified atom stereocenters. The van der Waals surface area contributed by atoms with E-state index in [9.17, 15) is 18.0 Å². The summed E-state index contributed by atoms with van der Waals surface area (Å²) in [4.78, 5) is 11.8. The van der Waals surface area contributed by atoms with Gasteiger partial charge in [0.05, 0.1) is 0 Å². The number of hydrogen-bond acceptors (Lipinski definition) is 3. The van der Waals surface area contributed by atoms with Crippen molar-refractivity contribution in [3.8, 4) is 11.5 Å². The molecule has 128 valence electrons. The molecule has 1 amide bonds. The second-order valence-corrected chi connectivity index (χ2v) is 5.97. The van der Waals surface area contributed by atoms with Crippen molar-refractivity contribution in [3.05, 3.63) is 52.1 Å². The van der Waals surface area contributed by atoms with Crippen LogP contribution in [-0.4, -0.2) is 25.3 Å². The van der Waals surface area contributed by atoms with Crippen molar-refractivity contribution < 1.29 is 27.4 Å². The molecule has 0 bridgehead atoms. The van der Waals surface area contributed by atoms with E-state index in [1.807, 2.05) is 12.1 Å². The second kappa shape index (κ2) is 8.22. The van der Waals surface area contributed by atoms with Gasteiger partial charge in [-0.2, -0.15) is 13.2 Å². The standard InChI is InChI=1S/C16H13F3INO3/c17-16(18,19)10-24-14-3-1-2-13(8-14)23-9-15(22)21-12-6-4-11(20)5-7-12/h1-8H,9-10H2,(H,21,22). The van der Waals surface area contributed by atoms with Crippen LogP contribution in [0.4, 0.5) is 18.9 Å². The van der Waals surface area contributed by atoms with Crippen LogP contribution in [0, 0.1) is 3.57 Å². The minimum absolute atomic E-state index is 0.0165. The average molecular weight is 451 g/mol. The zero-order chi connectivity index (χ0) is 17.6. The van der Waals surface area contributed by atoms with Crippen LogP contribution in [0.5, 0.6) is 11.5 Å². The van der Waals surface area contributed by atoms with Gasteiger partial charge in [0.15, 0.2) is 13.2 Å². The van der Waals surface area contributed by atoms with E-state index < -0.39 is 12.8 Å². The highest BCUT2D eigenvalue weighted by molar-refractivity contribution is 14.1. The van der Waals surface area contributed by atoms with E-state index in [0.29, 0.717) is 5.69 Å². The molecule has 4 nitrogen and oxygen atoms in total. The Kier molecular flexibility index (Phi) is 6.29. The fraction of sp³-hybridized carbons (Fsp3) is 0.188. The zero-order valence-electron chi connectivity index (χ0n) is 12.3. The van der Waals surface area contributed by atoms with Crippen molar-refractivity contribution in [2.45, 2.75) is 6.18 Å². The molecule has 2 aromatic carbocycles. The van der Waals surface area contributed by atoms with Crippen LogP contribution in [-0.2, 0) is 4.79 Å². The minimum Gasteiger partial charge on any atom is -0.484 e. The van der Waals surface area contributed by atoms with Gasteiger partial charge in [-0.3, -0.25) is 4.79 Å². The number of halogens is 4. The van der Waals surface area contributed by atoms with Crippen molar-refractivity contribution in [1.82, 2.24) is 0 Å². The summed E-state index contributed by atoms with van der Waals surface area (Å²) in [5, 5.41) is 2.65. The third-order valence-electron chi connectivity index (χ3n) is 2.71. The van der Waals surface area contributed by atoms with Crippen LogP contribution in [0.15, 0.2) is 48.5 Å². The summed E-state index contributed by atoms with van der Waals surface area (Å²) < 4.78 is 47.3. The summed E-state index contributed by atoms with van der Waals surface area (Å²) in [6, 6.07) is 12.9. The van der Waals surface area contributed by atoms with Crippen LogP contribution in [0.2, 0.25) is 0 Å². The number of carbonyl (C=O) groups is 1. The number of amides is 1. The predicted octanol–water partition coefficient (Wildman–Crippen LogP) is 4.25. The van der Waals surface area contributed by atoms with Gasteiger partial charge in [0.25, 0.3) is 5.91 Å². The Balaban J connectivity index is 1.85. The van der Waals surface area contributed by atoms with E-state index in [1.165, 1.54) is 24.3 Å². The topological polar surface area (TPSA) is 47.6 Å². The first-order valence-electron chi connectivity index (χ1n) is 6.80. The highest BCUT2D eigenvalue weighted by atomic mass is 127. The summed E-state index contributed by atoms with van der Waals surface area (Å²) in [7, 11) is 0. The Labute approximate surface area is 150 Å². The first-order valence-corrected chi connectivity index (χ1v) is 7.87. The number of alkyl halides is 3. The Morgan fingerprint density at radius 1 is 1.04 bits per heavy atom. The van der Waals surface area contributed by atoms with Crippen LogP contribution >= 0.6 is 22.6 Å². The number of carbonyl (C=O) groups excluding carboxylic acids is 1. The summed E-state index contributed by atoms with van der Waals surface area (Å²) >= 11 is 2.15. The number of rotatable bonds is 6. The first kappa shape index (κ1) is 18.4. The van der Waals surface area contributed by atoms with E-state index in [1.54, 1.807) is 12.1 Å². The van der Waals surface area contributed by atoms with E-state index >= 15 is 0 Å². The molecule has 0 aliphatic rings. The molecule has 0 aliphatic heterocycles. The van der Waals surface area contributed by atoms with Gasteiger partial charge in [0.2, 0.25) is 0 Å². The molecule has 24 heavy (non-hydrogen) atoms. The number of hydrogen-bond donors (Lipinski definition) is 1. The van der Waals surface area contributed by atoms with Gasteiger partial charge in [-0.1, -0.05) is 6.07 Å². The number of benzene rings is 2. The van der Waals surface area contributed by atoms with Crippen molar-refractivity contribution in [2.24, 2.45) is 0 Å². The lowest BCUT2D eigenvalue weighted by molar-refractivity contribution is -0.153. The van der Waals surface area contributed by atoms with Gasteiger partial charge >= 0.3 is 6.18 Å². The molecular formula is C16H13F3INO3. The van der Waals surface area contributed by atoms with Gasteiger partial charge in [-0.05, 0) is 59.0 Å². The number of ether oxygens (including phenoxy) is 2. The highest BCUT2D eigenvalue weighted by Gasteiger charge is 2.28. The molecule has 0 heterocycles. The SMILES string of the molecule is O=C(COc1cccc(OCC(F)(F)F)c1)Nc1ccc(I)cc1. The summed E-state index contributed by atoms with van der Waals surface area (Å²) in [5.74, 6) is -0.117. The van der Waals surface area contributed by atoms with Crippen molar-refractivity contribution in [1.29, 1.82) is 0 Å². The van der Waals surface area contributed by atoms with Gasteiger partial charge in [0, 0.05) is 15.3 Å². The third kappa shape index (κ3) is 6.65. The lowest BCUT2D eigenvalue weighted by atomic mass is 10.3. The number of anilines is 1. The second-order valence-electron chi connectivity index (χ2n) is 4.72. The zero-order valence-corrected chi connectivity index (χ0v) is 14.4. The molecule has 2 rings (SSSR count). The first-order chi connectivity index (χ1) is 11.3. The molecule has 0 fully saturated rings. The monoisotopic (exact) mass is 451 g/mol. The molecule has 1 N–H and O–H groups in total. The van der Waals surface area contributed by atoms with Crippen molar-refractivity contribution >= 4 is 34.2 Å².